The van der Waals surface area contributed by atoms with Crippen LogP contribution in [0.1, 0.15) is 83.1 Å². The molecule has 1 heterocycles. The number of fused-ring (bicyclic) bond motifs is 1. The Morgan fingerprint density at radius 3 is 2.43 bits per heavy atom. The van der Waals surface area contributed by atoms with Crippen molar-refractivity contribution in [2.75, 3.05) is 6.61 Å². The van der Waals surface area contributed by atoms with E-state index in [1.165, 1.54) is 16.7 Å². The zero-order valence-corrected chi connectivity index (χ0v) is 24.2. The number of ether oxygens (including phenoxy) is 1. The van der Waals surface area contributed by atoms with Crippen LogP contribution in [0.15, 0.2) is 60.7 Å². The van der Waals surface area contributed by atoms with Crippen molar-refractivity contribution in [2.24, 2.45) is 0 Å². The Kier molecular flexibility index (Phi) is 9.76. The van der Waals surface area contributed by atoms with Crippen molar-refractivity contribution in [1.29, 1.82) is 0 Å². The quantitative estimate of drug-likeness (QED) is 0.246. The van der Waals surface area contributed by atoms with Crippen molar-refractivity contribution in [3.05, 3.63) is 99.6 Å². The summed E-state index contributed by atoms with van der Waals surface area (Å²) in [6.07, 6.45) is 0.238. The van der Waals surface area contributed by atoms with E-state index in [4.69, 9.17) is 4.74 Å². The van der Waals surface area contributed by atoms with Gasteiger partial charge in [0.2, 0.25) is 0 Å². The predicted octanol–water partition coefficient (Wildman–Crippen LogP) is 4.21. The van der Waals surface area contributed by atoms with Crippen molar-refractivity contribution in [1.82, 2.24) is 0 Å². The molecule has 0 saturated carbocycles. The van der Waals surface area contributed by atoms with Crippen molar-refractivity contribution >= 4 is 5.78 Å². The first-order valence-corrected chi connectivity index (χ1v) is 15.1. The second-order valence-corrected chi connectivity index (χ2v) is 12.0. The van der Waals surface area contributed by atoms with Crippen LogP contribution in [0.3, 0.4) is 0 Å². The molecule has 42 heavy (non-hydrogen) atoms. The summed E-state index contributed by atoms with van der Waals surface area (Å²) in [4.78, 5) is 12.8. The number of aliphatic hydroxyl groups excluding tert-OH is 4. The average Bonchev–Trinajstić information content (AvgIpc) is 2.99. The van der Waals surface area contributed by atoms with Gasteiger partial charge in [-0.1, -0.05) is 48.5 Å². The molecule has 3 aromatic rings. The summed E-state index contributed by atoms with van der Waals surface area (Å²) in [5, 5.41) is 51.1. The molecule has 0 radical (unpaired) electrons. The van der Waals surface area contributed by atoms with Crippen LogP contribution in [0.25, 0.3) is 0 Å². The Hall–Kier alpha value is -3.07. The summed E-state index contributed by atoms with van der Waals surface area (Å²) in [6, 6.07) is 20.2. The molecular formula is C35H42O7. The van der Waals surface area contributed by atoms with Crippen LogP contribution in [-0.2, 0) is 28.8 Å². The van der Waals surface area contributed by atoms with Gasteiger partial charge in [0.05, 0.1) is 6.61 Å². The maximum atomic E-state index is 12.8. The van der Waals surface area contributed by atoms with Crippen molar-refractivity contribution in [2.45, 2.75) is 94.7 Å². The summed E-state index contributed by atoms with van der Waals surface area (Å²) >= 11 is 0. The molecule has 2 aliphatic rings. The fraction of sp³-hybridized carbons (Fsp3) is 0.457. The fourth-order valence-corrected chi connectivity index (χ4v) is 6.51. The lowest BCUT2D eigenvalue weighted by atomic mass is 9.80. The Balaban J connectivity index is 1.17. The SMILES string of the molecule is Cc1cc(O)c([C@@H]2O[C@H](CO)[C@@H](O)[C@H](O)[C@H]2O)cc1Cc1ccc(CCCC(=O)CC2CCCc3ccccc32)cc1. The summed E-state index contributed by atoms with van der Waals surface area (Å²) in [7, 11) is 0. The van der Waals surface area contributed by atoms with Gasteiger partial charge in [0.15, 0.2) is 0 Å². The number of ketones is 1. The van der Waals surface area contributed by atoms with Crippen LogP contribution in [0, 0.1) is 6.92 Å². The topological polar surface area (TPSA) is 127 Å². The molecule has 1 aliphatic carbocycles. The lowest BCUT2D eigenvalue weighted by Crippen LogP contribution is -2.55. The highest BCUT2D eigenvalue weighted by Crippen LogP contribution is 2.38. The van der Waals surface area contributed by atoms with Gasteiger partial charge in [0.25, 0.3) is 0 Å². The second-order valence-electron chi connectivity index (χ2n) is 12.0. The van der Waals surface area contributed by atoms with Crippen LogP contribution >= 0.6 is 0 Å². The molecule has 0 amide bonds. The van der Waals surface area contributed by atoms with Gasteiger partial charge in [-0.2, -0.15) is 0 Å². The average molecular weight is 575 g/mol. The van der Waals surface area contributed by atoms with Crippen LogP contribution in [0.2, 0.25) is 0 Å². The van der Waals surface area contributed by atoms with E-state index < -0.39 is 37.1 Å². The first kappa shape index (κ1) is 30.4. The molecule has 0 spiro atoms. The van der Waals surface area contributed by atoms with Crippen molar-refractivity contribution in [3.63, 3.8) is 0 Å². The molecule has 6 atom stereocenters. The monoisotopic (exact) mass is 574 g/mol. The van der Waals surface area contributed by atoms with E-state index >= 15 is 0 Å². The first-order valence-electron chi connectivity index (χ1n) is 15.1. The maximum Gasteiger partial charge on any atom is 0.133 e. The van der Waals surface area contributed by atoms with E-state index in [-0.39, 0.29) is 5.75 Å². The predicted molar refractivity (Wildman–Crippen MR) is 159 cm³/mol. The van der Waals surface area contributed by atoms with Gasteiger partial charge in [-0.3, -0.25) is 4.79 Å². The number of rotatable bonds is 10. The number of phenols is 1. The molecule has 1 aliphatic heterocycles. The van der Waals surface area contributed by atoms with Crippen LogP contribution in [0.4, 0.5) is 0 Å². The number of hydrogen-bond donors (Lipinski definition) is 5. The maximum absolute atomic E-state index is 12.8. The number of carbonyl (C=O) groups is 1. The molecule has 224 valence electrons. The van der Waals surface area contributed by atoms with Crippen molar-refractivity contribution in [3.8, 4) is 5.75 Å². The number of carbonyl (C=O) groups excluding carboxylic acids is 1. The highest BCUT2D eigenvalue weighted by atomic mass is 16.5. The number of aromatic hydroxyl groups is 1. The number of phenolic OH excluding ortho intramolecular Hbond substituents is 1. The molecule has 3 aromatic carbocycles. The zero-order valence-electron chi connectivity index (χ0n) is 24.2. The van der Waals surface area contributed by atoms with Gasteiger partial charge in [0, 0.05) is 18.4 Å². The minimum absolute atomic E-state index is 0.0850. The lowest BCUT2D eigenvalue weighted by molar-refractivity contribution is -0.232. The molecule has 0 aromatic heterocycles. The lowest BCUT2D eigenvalue weighted by Gasteiger charge is -2.40. The minimum Gasteiger partial charge on any atom is -0.508 e. The Morgan fingerprint density at radius 2 is 1.67 bits per heavy atom. The molecule has 0 bridgehead atoms. The van der Waals surface area contributed by atoms with E-state index in [0.717, 1.165) is 48.8 Å². The van der Waals surface area contributed by atoms with E-state index in [0.29, 0.717) is 36.5 Å². The largest absolute Gasteiger partial charge is 0.508 e. The molecule has 1 fully saturated rings. The van der Waals surface area contributed by atoms with Crippen LogP contribution < -0.4 is 0 Å². The Bertz CT molecular complexity index is 1370. The number of aryl methyl sites for hydroxylation is 3. The number of Topliss-reactive ketones (excluding diaryl/α,β-unsaturated/α-hetero) is 1. The second kappa shape index (κ2) is 13.5. The van der Waals surface area contributed by atoms with E-state index in [2.05, 4.69) is 48.5 Å². The van der Waals surface area contributed by atoms with Gasteiger partial charge >= 0.3 is 0 Å². The Labute approximate surface area is 247 Å². The molecule has 5 rings (SSSR count). The summed E-state index contributed by atoms with van der Waals surface area (Å²) in [6.45, 7) is 1.36. The van der Waals surface area contributed by atoms with E-state index in [1.807, 2.05) is 6.92 Å². The Morgan fingerprint density at radius 1 is 0.929 bits per heavy atom. The molecule has 7 nitrogen and oxygen atoms in total. The van der Waals surface area contributed by atoms with E-state index in [9.17, 15) is 30.3 Å². The number of aliphatic hydroxyl groups is 4. The molecule has 1 unspecified atom stereocenters. The van der Waals surface area contributed by atoms with Crippen LogP contribution in [0.5, 0.6) is 5.75 Å². The highest BCUT2D eigenvalue weighted by Gasteiger charge is 2.44. The van der Waals surface area contributed by atoms with Gasteiger partial charge in [-0.15, -0.1) is 0 Å². The third kappa shape index (κ3) is 6.77. The van der Waals surface area contributed by atoms with Crippen molar-refractivity contribution < 1.29 is 35.1 Å². The summed E-state index contributed by atoms with van der Waals surface area (Å²) in [5.74, 6) is 0.607. The number of hydrogen-bond acceptors (Lipinski definition) is 7. The smallest absolute Gasteiger partial charge is 0.133 e. The molecular weight excluding hydrogens is 532 g/mol. The van der Waals surface area contributed by atoms with Gasteiger partial charge in [-0.05, 0) is 96.9 Å². The first-order chi connectivity index (χ1) is 20.2. The molecule has 7 heteroatoms. The highest BCUT2D eigenvalue weighted by molar-refractivity contribution is 5.79. The third-order valence-corrected chi connectivity index (χ3v) is 8.99. The van der Waals surface area contributed by atoms with Gasteiger partial charge in [-0.25, -0.2) is 0 Å². The van der Waals surface area contributed by atoms with E-state index in [1.54, 1.807) is 12.1 Å². The molecule has 5 N–H and O–H groups in total. The number of benzene rings is 3. The fourth-order valence-electron chi connectivity index (χ4n) is 6.51. The normalized spacial score (nSPS) is 25.6. The molecule has 1 saturated heterocycles. The summed E-state index contributed by atoms with van der Waals surface area (Å²) < 4.78 is 5.68. The third-order valence-electron chi connectivity index (χ3n) is 8.99. The van der Waals surface area contributed by atoms with Gasteiger partial charge in [0.1, 0.15) is 42.1 Å². The summed E-state index contributed by atoms with van der Waals surface area (Å²) in [5.41, 5.74) is 7.08. The van der Waals surface area contributed by atoms with Gasteiger partial charge < -0.3 is 30.3 Å². The van der Waals surface area contributed by atoms with Crippen LogP contribution in [-0.4, -0.2) is 62.3 Å². The minimum atomic E-state index is -1.52. The standard InChI is InChI=1S/C35H42O7/c1-21-16-30(38)29(35-34(41)33(40)32(39)31(20-36)42-35)19-26(21)17-23-14-12-22(13-15-23)6-4-10-27(37)18-25-9-5-8-24-7-2-3-11-28(24)25/h2-3,7,11-16,19,25,31-36,38-41H,4-6,8-10,17-18,20H2,1H3/t25?,31-,32-,33+,34-,35+/m1/s1. The zero-order chi connectivity index (χ0) is 29.8.